The molecule has 0 fully saturated rings. The van der Waals surface area contributed by atoms with Crippen LogP contribution in [0.25, 0.3) is 0 Å². The highest BCUT2D eigenvalue weighted by molar-refractivity contribution is 5.93. The number of hydrogen-bond acceptors (Lipinski definition) is 5. The van der Waals surface area contributed by atoms with Crippen LogP contribution in [0.4, 0.5) is 5.69 Å². The molecule has 6 nitrogen and oxygen atoms in total. The Bertz CT molecular complexity index is 687. The molecular weight excluding hydrogens is 310 g/mol. The molecule has 0 radical (unpaired) electrons. The van der Waals surface area contributed by atoms with Crippen molar-refractivity contribution in [3.63, 3.8) is 0 Å². The van der Waals surface area contributed by atoms with Gasteiger partial charge in [0.1, 0.15) is 23.0 Å². The number of carbonyl (C=O) groups is 1. The lowest BCUT2D eigenvalue weighted by Gasteiger charge is -2.12. The van der Waals surface area contributed by atoms with Gasteiger partial charge in [0.2, 0.25) is 0 Å². The molecule has 128 valence electrons. The predicted octanol–water partition coefficient (Wildman–Crippen LogP) is 3.12. The molecule has 2 aromatic carbocycles. The van der Waals surface area contributed by atoms with Crippen LogP contribution in [0.3, 0.4) is 0 Å². The third-order valence-electron chi connectivity index (χ3n) is 3.17. The maximum Gasteiger partial charge on any atom is 0.262 e. The average Bonchev–Trinajstić information content (AvgIpc) is 2.61. The summed E-state index contributed by atoms with van der Waals surface area (Å²) < 4.78 is 21.2. The largest absolute Gasteiger partial charge is 0.497 e. The molecule has 1 N–H and O–H groups in total. The van der Waals surface area contributed by atoms with Gasteiger partial charge in [-0.15, -0.1) is 0 Å². The van der Waals surface area contributed by atoms with Gasteiger partial charge in [0.15, 0.2) is 6.61 Å². The van der Waals surface area contributed by atoms with E-state index in [1.54, 1.807) is 37.4 Å². The first-order valence-corrected chi connectivity index (χ1v) is 7.53. The molecule has 6 heteroatoms. The quantitative estimate of drug-likeness (QED) is 0.805. The average molecular weight is 331 g/mol. The standard InChI is InChI=1S/C18H21NO5/c1-4-23-14-6-5-7-15(10-14)24-12-18(20)19-16-9-8-13(21-2)11-17(16)22-3/h5-11H,4,12H2,1-3H3,(H,19,20). The SMILES string of the molecule is CCOc1cccc(OCC(=O)Nc2ccc(OC)cc2OC)c1. The van der Waals surface area contributed by atoms with Crippen LogP contribution < -0.4 is 24.3 Å². The zero-order valence-corrected chi connectivity index (χ0v) is 14.0. The van der Waals surface area contributed by atoms with Crippen LogP contribution in [0.1, 0.15) is 6.92 Å². The molecule has 2 rings (SSSR count). The summed E-state index contributed by atoms with van der Waals surface area (Å²) in [6.45, 7) is 2.36. The molecule has 0 spiro atoms. The van der Waals surface area contributed by atoms with Gasteiger partial charge in [0, 0.05) is 12.1 Å². The summed E-state index contributed by atoms with van der Waals surface area (Å²) in [5.41, 5.74) is 0.551. The lowest BCUT2D eigenvalue weighted by atomic mass is 10.2. The van der Waals surface area contributed by atoms with E-state index in [0.29, 0.717) is 35.3 Å². The first-order valence-electron chi connectivity index (χ1n) is 7.53. The Morgan fingerprint density at radius 3 is 2.38 bits per heavy atom. The summed E-state index contributed by atoms with van der Waals surface area (Å²) in [5, 5.41) is 2.75. The summed E-state index contributed by atoms with van der Waals surface area (Å²) in [5.74, 6) is 2.14. The van der Waals surface area contributed by atoms with Crippen molar-refractivity contribution in [2.75, 3.05) is 32.8 Å². The van der Waals surface area contributed by atoms with Crippen LogP contribution in [0.15, 0.2) is 42.5 Å². The Morgan fingerprint density at radius 1 is 0.958 bits per heavy atom. The number of ether oxygens (including phenoxy) is 4. The number of methoxy groups -OCH3 is 2. The minimum atomic E-state index is -0.291. The van der Waals surface area contributed by atoms with Crippen molar-refractivity contribution in [1.29, 1.82) is 0 Å². The molecule has 1 amide bonds. The third kappa shape index (κ3) is 4.81. The second kappa shape index (κ2) is 8.67. The van der Waals surface area contributed by atoms with Gasteiger partial charge < -0.3 is 24.3 Å². The van der Waals surface area contributed by atoms with Gasteiger partial charge in [-0.2, -0.15) is 0 Å². The molecule has 0 aliphatic heterocycles. The minimum Gasteiger partial charge on any atom is -0.497 e. The van der Waals surface area contributed by atoms with Crippen LogP contribution in [-0.4, -0.2) is 33.3 Å². The third-order valence-corrected chi connectivity index (χ3v) is 3.17. The van der Waals surface area contributed by atoms with Crippen molar-refractivity contribution < 1.29 is 23.7 Å². The molecule has 0 unspecified atom stereocenters. The highest BCUT2D eigenvalue weighted by Gasteiger charge is 2.10. The molecule has 0 aromatic heterocycles. The van der Waals surface area contributed by atoms with E-state index in [4.69, 9.17) is 18.9 Å². The van der Waals surface area contributed by atoms with Gasteiger partial charge in [0.25, 0.3) is 5.91 Å². The Labute approximate surface area is 141 Å². The highest BCUT2D eigenvalue weighted by Crippen LogP contribution is 2.29. The Kier molecular flexibility index (Phi) is 6.31. The maximum absolute atomic E-state index is 12.1. The Morgan fingerprint density at radius 2 is 1.71 bits per heavy atom. The molecule has 0 bridgehead atoms. The summed E-state index contributed by atoms with van der Waals surface area (Å²) in [6, 6.07) is 12.3. The first kappa shape index (κ1) is 17.5. The number of rotatable bonds is 8. The lowest BCUT2D eigenvalue weighted by Crippen LogP contribution is -2.20. The molecule has 2 aromatic rings. The molecule has 0 aliphatic rings. The van der Waals surface area contributed by atoms with Crippen LogP contribution in [0.2, 0.25) is 0 Å². The number of carbonyl (C=O) groups excluding carboxylic acids is 1. The van der Waals surface area contributed by atoms with Gasteiger partial charge in [-0.1, -0.05) is 6.07 Å². The molecule has 24 heavy (non-hydrogen) atoms. The van der Waals surface area contributed by atoms with Crippen molar-refractivity contribution in [2.45, 2.75) is 6.92 Å². The predicted molar refractivity (Wildman–Crippen MR) is 91.3 cm³/mol. The normalized spacial score (nSPS) is 9.96. The summed E-state index contributed by atoms with van der Waals surface area (Å²) >= 11 is 0. The maximum atomic E-state index is 12.1. The topological polar surface area (TPSA) is 66.0 Å². The first-order chi connectivity index (χ1) is 11.7. The van der Waals surface area contributed by atoms with Crippen molar-refractivity contribution >= 4 is 11.6 Å². The summed E-state index contributed by atoms with van der Waals surface area (Å²) in [6.07, 6.45) is 0. The summed E-state index contributed by atoms with van der Waals surface area (Å²) in [4.78, 5) is 12.1. The van der Waals surface area contributed by atoms with E-state index >= 15 is 0 Å². The van der Waals surface area contributed by atoms with Gasteiger partial charge in [-0.3, -0.25) is 4.79 Å². The second-order valence-corrected chi connectivity index (χ2v) is 4.81. The number of amides is 1. The fourth-order valence-electron chi connectivity index (χ4n) is 2.06. The highest BCUT2D eigenvalue weighted by atomic mass is 16.5. The number of hydrogen-bond donors (Lipinski definition) is 1. The summed E-state index contributed by atoms with van der Waals surface area (Å²) in [7, 11) is 3.09. The van der Waals surface area contributed by atoms with Crippen LogP contribution in [0, 0.1) is 0 Å². The smallest absolute Gasteiger partial charge is 0.262 e. The number of anilines is 1. The van der Waals surface area contributed by atoms with E-state index in [2.05, 4.69) is 5.32 Å². The van der Waals surface area contributed by atoms with Crippen molar-refractivity contribution in [3.8, 4) is 23.0 Å². The molecule has 0 heterocycles. The van der Waals surface area contributed by atoms with Crippen molar-refractivity contribution in [1.82, 2.24) is 0 Å². The van der Waals surface area contributed by atoms with E-state index < -0.39 is 0 Å². The molecule has 0 aliphatic carbocycles. The van der Waals surface area contributed by atoms with Gasteiger partial charge in [-0.25, -0.2) is 0 Å². The molecule has 0 saturated heterocycles. The van der Waals surface area contributed by atoms with Gasteiger partial charge in [0.05, 0.1) is 26.5 Å². The zero-order valence-electron chi connectivity index (χ0n) is 14.0. The van der Waals surface area contributed by atoms with E-state index in [0.717, 1.165) is 0 Å². The fourth-order valence-corrected chi connectivity index (χ4v) is 2.06. The van der Waals surface area contributed by atoms with Crippen molar-refractivity contribution in [3.05, 3.63) is 42.5 Å². The fraction of sp³-hybridized carbons (Fsp3) is 0.278. The second-order valence-electron chi connectivity index (χ2n) is 4.81. The molecule has 0 saturated carbocycles. The van der Waals surface area contributed by atoms with Gasteiger partial charge in [-0.05, 0) is 31.2 Å². The van der Waals surface area contributed by atoms with E-state index in [1.807, 2.05) is 19.1 Å². The Hall–Kier alpha value is -2.89. The minimum absolute atomic E-state index is 0.120. The molecule has 0 atom stereocenters. The van der Waals surface area contributed by atoms with E-state index in [9.17, 15) is 4.79 Å². The van der Waals surface area contributed by atoms with E-state index in [1.165, 1.54) is 7.11 Å². The van der Waals surface area contributed by atoms with Crippen molar-refractivity contribution in [2.24, 2.45) is 0 Å². The van der Waals surface area contributed by atoms with E-state index in [-0.39, 0.29) is 12.5 Å². The monoisotopic (exact) mass is 331 g/mol. The molecular formula is C18H21NO5. The Balaban J connectivity index is 1.95. The lowest BCUT2D eigenvalue weighted by molar-refractivity contribution is -0.118. The zero-order chi connectivity index (χ0) is 17.4. The van der Waals surface area contributed by atoms with Crippen LogP contribution in [0.5, 0.6) is 23.0 Å². The van der Waals surface area contributed by atoms with Crippen LogP contribution >= 0.6 is 0 Å². The number of nitrogens with one attached hydrogen (secondary N) is 1. The van der Waals surface area contributed by atoms with Crippen LogP contribution in [-0.2, 0) is 4.79 Å². The van der Waals surface area contributed by atoms with Gasteiger partial charge >= 0.3 is 0 Å². The number of benzene rings is 2.